The number of aromatic nitrogens is 1. The minimum absolute atomic E-state index is 0.535. The molecule has 0 unspecified atom stereocenters. The number of hydrogen-bond donors (Lipinski definition) is 2. The van der Waals surface area contributed by atoms with E-state index in [1.54, 1.807) is 18.4 Å². The molecule has 1 aliphatic rings. The van der Waals surface area contributed by atoms with Crippen LogP contribution in [0.5, 0.6) is 11.5 Å². The molecule has 0 fully saturated rings. The minimum atomic E-state index is 0.535. The first kappa shape index (κ1) is 18.8. The maximum absolute atomic E-state index is 6.28. The van der Waals surface area contributed by atoms with Gasteiger partial charge in [-0.25, -0.2) is 4.98 Å². The van der Waals surface area contributed by atoms with Crippen molar-refractivity contribution in [3.05, 3.63) is 38.3 Å². The minimum Gasteiger partial charge on any atom is -0.486 e. The smallest absolute Gasteiger partial charge is 0.191 e. The molecule has 1 aliphatic heterocycles. The van der Waals surface area contributed by atoms with Gasteiger partial charge >= 0.3 is 0 Å². The van der Waals surface area contributed by atoms with E-state index in [1.807, 2.05) is 19.1 Å². The van der Waals surface area contributed by atoms with Crippen molar-refractivity contribution in [2.24, 2.45) is 4.99 Å². The van der Waals surface area contributed by atoms with Crippen LogP contribution in [-0.4, -0.2) is 37.7 Å². The second-order valence-corrected chi connectivity index (χ2v) is 7.65. The Morgan fingerprint density at radius 3 is 2.81 bits per heavy atom. The van der Waals surface area contributed by atoms with Crippen LogP contribution in [0.2, 0.25) is 5.02 Å². The van der Waals surface area contributed by atoms with Gasteiger partial charge in [0.2, 0.25) is 0 Å². The normalized spacial score (nSPS) is 13.6. The van der Waals surface area contributed by atoms with Gasteiger partial charge < -0.3 is 20.1 Å². The van der Waals surface area contributed by atoms with E-state index in [0.29, 0.717) is 30.5 Å². The van der Waals surface area contributed by atoms with Gasteiger partial charge in [-0.1, -0.05) is 11.6 Å². The lowest BCUT2D eigenvalue weighted by Crippen LogP contribution is -2.37. The topological polar surface area (TPSA) is 67.8 Å². The third kappa shape index (κ3) is 4.59. The number of benzene rings is 1. The van der Waals surface area contributed by atoms with Crippen LogP contribution in [0.1, 0.15) is 21.1 Å². The van der Waals surface area contributed by atoms with Crippen molar-refractivity contribution in [1.29, 1.82) is 0 Å². The van der Waals surface area contributed by atoms with E-state index in [9.17, 15) is 0 Å². The average molecular weight is 395 g/mol. The molecular formula is C18H23ClN4O2S. The third-order valence-corrected chi connectivity index (χ3v) is 5.42. The molecule has 140 valence electrons. The fourth-order valence-corrected chi connectivity index (χ4v) is 3.79. The maximum Gasteiger partial charge on any atom is 0.191 e. The molecule has 26 heavy (non-hydrogen) atoms. The predicted octanol–water partition coefficient (Wildman–Crippen LogP) is 3.09. The Labute approximate surface area is 162 Å². The van der Waals surface area contributed by atoms with E-state index in [4.69, 9.17) is 21.1 Å². The Hall–Kier alpha value is -1.99. The largest absolute Gasteiger partial charge is 0.486 e. The standard InChI is InChI=1S/C18H23ClN4O2S/c1-11-12(2)26-16(23-11)10-22-18(20-3)21-5-4-13-8-14(19)17-15(9-13)24-6-7-25-17/h8-9H,4-7,10H2,1-3H3,(H2,20,21,22). The number of rotatable bonds is 5. The zero-order valence-corrected chi connectivity index (χ0v) is 16.8. The molecule has 3 rings (SSSR count). The van der Waals surface area contributed by atoms with Crippen molar-refractivity contribution in [1.82, 2.24) is 15.6 Å². The van der Waals surface area contributed by atoms with E-state index >= 15 is 0 Å². The Bertz CT molecular complexity index is 787. The Morgan fingerprint density at radius 1 is 1.27 bits per heavy atom. The molecule has 0 saturated heterocycles. The first-order valence-electron chi connectivity index (χ1n) is 8.52. The molecule has 0 atom stereocenters. The van der Waals surface area contributed by atoms with E-state index < -0.39 is 0 Å². The van der Waals surface area contributed by atoms with E-state index in [1.165, 1.54) is 4.88 Å². The molecule has 2 N–H and O–H groups in total. The highest BCUT2D eigenvalue weighted by Gasteiger charge is 2.16. The summed E-state index contributed by atoms with van der Waals surface area (Å²) in [4.78, 5) is 10.0. The van der Waals surface area contributed by atoms with Crippen LogP contribution in [0.3, 0.4) is 0 Å². The van der Waals surface area contributed by atoms with E-state index in [-0.39, 0.29) is 0 Å². The lowest BCUT2D eigenvalue weighted by atomic mass is 10.1. The van der Waals surface area contributed by atoms with Crippen molar-refractivity contribution >= 4 is 28.9 Å². The third-order valence-electron chi connectivity index (χ3n) is 4.07. The van der Waals surface area contributed by atoms with E-state index in [2.05, 4.69) is 27.5 Å². The highest BCUT2D eigenvalue weighted by atomic mass is 35.5. The Morgan fingerprint density at radius 2 is 2.08 bits per heavy atom. The molecule has 0 bridgehead atoms. The second kappa shape index (κ2) is 8.60. The molecule has 1 aromatic heterocycles. The summed E-state index contributed by atoms with van der Waals surface area (Å²) in [6.45, 7) is 6.59. The van der Waals surface area contributed by atoms with Crippen LogP contribution < -0.4 is 20.1 Å². The lowest BCUT2D eigenvalue weighted by molar-refractivity contribution is 0.171. The number of hydrogen-bond acceptors (Lipinski definition) is 5. The summed E-state index contributed by atoms with van der Waals surface area (Å²) < 4.78 is 11.2. The van der Waals surface area contributed by atoms with Crippen LogP contribution in [0, 0.1) is 13.8 Å². The highest BCUT2D eigenvalue weighted by molar-refractivity contribution is 7.11. The fourth-order valence-electron chi connectivity index (χ4n) is 2.63. The molecule has 8 heteroatoms. The maximum atomic E-state index is 6.28. The number of thiazole rings is 1. The molecule has 6 nitrogen and oxygen atoms in total. The average Bonchev–Trinajstić information content (AvgIpc) is 2.96. The number of fused-ring (bicyclic) bond motifs is 1. The first-order valence-corrected chi connectivity index (χ1v) is 9.71. The Kier molecular flexibility index (Phi) is 6.21. The van der Waals surface area contributed by atoms with Crippen molar-refractivity contribution in [3.63, 3.8) is 0 Å². The van der Waals surface area contributed by atoms with Gasteiger partial charge in [0.1, 0.15) is 18.2 Å². The van der Waals surface area contributed by atoms with Crippen LogP contribution in [0.15, 0.2) is 17.1 Å². The van der Waals surface area contributed by atoms with E-state index in [0.717, 1.165) is 40.9 Å². The van der Waals surface area contributed by atoms with Gasteiger partial charge in [-0.15, -0.1) is 11.3 Å². The van der Waals surface area contributed by atoms with Gasteiger partial charge in [0.15, 0.2) is 17.5 Å². The zero-order valence-electron chi connectivity index (χ0n) is 15.2. The molecule has 2 heterocycles. The summed E-state index contributed by atoms with van der Waals surface area (Å²) in [5, 5.41) is 8.25. The SMILES string of the molecule is CN=C(NCCc1cc(Cl)c2c(c1)OCCO2)NCc1nc(C)c(C)s1. The number of guanidine groups is 1. The molecule has 0 saturated carbocycles. The van der Waals surface area contributed by atoms with Crippen molar-refractivity contribution in [2.45, 2.75) is 26.8 Å². The van der Waals surface area contributed by atoms with Crippen molar-refractivity contribution < 1.29 is 9.47 Å². The predicted molar refractivity (Wildman–Crippen MR) is 106 cm³/mol. The molecule has 0 spiro atoms. The summed E-state index contributed by atoms with van der Waals surface area (Å²) >= 11 is 7.99. The summed E-state index contributed by atoms with van der Waals surface area (Å²) in [5.74, 6) is 2.11. The molecule has 0 radical (unpaired) electrons. The molecule has 0 aliphatic carbocycles. The number of aryl methyl sites for hydroxylation is 2. The number of aliphatic imine (C=N–C) groups is 1. The molecule has 1 aromatic carbocycles. The summed E-state index contributed by atoms with van der Waals surface area (Å²) in [6, 6.07) is 3.91. The quantitative estimate of drug-likeness (QED) is 0.602. The lowest BCUT2D eigenvalue weighted by Gasteiger charge is -2.20. The number of nitrogens with zero attached hydrogens (tertiary/aromatic N) is 2. The van der Waals surface area contributed by atoms with Gasteiger partial charge in [-0.2, -0.15) is 0 Å². The zero-order chi connectivity index (χ0) is 18.5. The van der Waals surface area contributed by atoms with Gasteiger partial charge in [0, 0.05) is 18.5 Å². The monoisotopic (exact) mass is 394 g/mol. The first-order chi connectivity index (χ1) is 12.6. The molecular weight excluding hydrogens is 372 g/mol. The van der Waals surface area contributed by atoms with Gasteiger partial charge in [0.05, 0.1) is 17.3 Å². The summed E-state index contributed by atoms with van der Waals surface area (Å²) in [7, 11) is 1.76. The van der Waals surface area contributed by atoms with Crippen LogP contribution in [0.4, 0.5) is 0 Å². The highest BCUT2D eigenvalue weighted by Crippen LogP contribution is 2.38. The number of nitrogens with one attached hydrogen (secondary N) is 2. The summed E-state index contributed by atoms with van der Waals surface area (Å²) in [6.07, 6.45) is 0.798. The molecule has 0 amide bonds. The number of ether oxygens (including phenoxy) is 2. The van der Waals surface area contributed by atoms with Gasteiger partial charge in [0.25, 0.3) is 0 Å². The van der Waals surface area contributed by atoms with Gasteiger partial charge in [-0.3, -0.25) is 4.99 Å². The number of halogens is 1. The second-order valence-electron chi connectivity index (χ2n) is 5.95. The van der Waals surface area contributed by atoms with Crippen LogP contribution in [-0.2, 0) is 13.0 Å². The Balaban J connectivity index is 1.50. The molecule has 2 aromatic rings. The van der Waals surface area contributed by atoms with Crippen molar-refractivity contribution in [2.75, 3.05) is 26.8 Å². The summed E-state index contributed by atoms with van der Waals surface area (Å²) in [5.41, 5.74) is 2.18. The fraction of sp³-hybridized carbons (Fsp3) is 0.444. The van der Waals surface area contributed by atoms with Crippen molar-refractivity contribution in [3.8, 4) is 11.5 Å². The van der Waals surface area contributed by atoms with Gasteiger partial charge in [-0.05, 0) is 38.0 Å². The van der Waals surface area contributed by atoms with Crippen LogP contribution in [0.25, 0.3) is 0 Å². The van der Waals surface area contributed by atoms with Crippen LogP contribution >= 0.6 is 22.9 Å².